The van der Waals surface area contributed by atoms with Crippen molar-refractivity contribution in [1.29, 1.82) is 0 Å². The second kappa shape index (κ2) is 6.77. The summed E-state index contributed by atoms with van der Waals surface area (Å²) in [4.78, 5) is 4.33. The molecule has 0 bridgehead atoms. The highest BCUT2D eigenvalue weighted by Gasteiger charge is 2.41. The van der Waals surface area contributed by atoms with Crippen molar-refractivity contribution in [3.63, 3.8) is 0 Å². The Kier molecular flexibility index (Phi) is 3.89. The van der Waals surface area contributed by atoms with E-state index in [1.807, 2.05) is 24.3 Å². The predicted molar refractivity (Wildman–Crippen MR) is 111 cm³/mol. The quantitative estimate of drug-likeness (QED) is 0.495. The third-order valence-electron chi connectivity index (χ3n) is 5.69. The molecule has 2 aliphatic rings. The van der Waals surface area contributed by atoms with Gasteiger partial charge in [0.05, 0.1) is 5.70 Å². The van der Waals surface area contributed by atoms with E-state index in [1.54, 1.807) is 35.0 Å². The summed E-state index contributed by atoms with van der Waals surface area (Å²) in [6.07, 6.45) is 0.869. The van der Waals surface area contributed by atoms with E-state index in [0.717, 1.165) is 22.4 Å². The Hall–Kier alpha value is -4.00. The normalized spacial score (nSPS) is 19.0. The lowest BCUT2D eigenvalue weighted by Gasteiger charge is -2.39. The monoisotopic (exact) mass is 414 g/mol. The number of hydrogen-bond acceptors (Lipinski definition) is 4. The van der Waals surface area contributed by atoms with Gasteiger partial charge in [-0.3, -0.25) is 0 Å². The molecule has 3 aromatic carbocycles. The summed E-state index contributed by atoms with van der Waals surface area (Å²) < 4.78 is 36.7. The summed E-state index contributed by atoms with van der Waals surface area (Å²) in [7, 11) is 0. The Morgan fingerprint density at radius 2 is 1.68 bits per heavy atom. The van der Waals surface area contributed by atoms with Crippen molar-refractivity contribution in [2.45, 2.75) is 12.1 Å². The van der Waals surface area contributed by atoms with Gasteiger partial charge in [-0.2, -0.15) is 10.1 Å². The molecule has 0 fully saturated rings. The van der Waals surface area contributed by atoms with Crippen LogP contribution in [0.4, 0.5) is 14.7 Å². The molecule has 1 N–H and O–H groups in total. The molecule has 0 saturated carbocycles. The van der Waals surface area contributed by atoms with Crippen molar-refractivity contribution in [3.8, 4) is 5.75 Å². The number of halogens is 2. The van der Waals surface area contributed by atoms with E-state index in [2.05, 4.69) is 15.4 Å². The van der Waals surface area contributed by atoms with Crippen molar-refractivity contribution in [3.05, 3.63) is 113 Å². The van der Waals surface area contributed by atoms with Crippen LogP contribution in [-0.4, -0.2) is 14.8 Å². The molecule has 0 radical (unpaired) electrons. The fourth-order valence-electron chi connectivity index (χ4n) is 4.33. The number of para-hydroxylation sites is 1. The highest BCUT2D eigenvalue weighted by atomic mass is 19.1. The summed E-state index contributed by atoms with van der Waals surface area (Å²) in [5.41, 5.74) is 3.65. The van der Waals surface area contributed by atoms with Crippen molar-refractivity contribution in [2.24, 2.45) is 0 Å². The number of benzene rings is 3. The number of nitrogens with one attached hydrogen (secondary N) is 1. The Morgan fingerprint density at radius 3 is 2.52 bits per heavy atom. The second-order valence-electron chi connectivity index (χ2n) is 7.45. The van der Waals surface area contributed by atoms with Crippen LogP contribution in [0.15, 0.2) is 84.7 Å². The first kappa shape index (κ1) is 17.8. The van der Waals surface area contributed by atoms with Gasteiger partial charge in [-0.1, -0.05) is 42.5 Å². The molecule has 0 amide bonds. The Morgan fingerprint density at radius 1 is 0.903 bits per heavy atom. The zero-order valence-electron chi connectivity index (χ0n) is 16.2. The van der Waals surface area contributed by atoms with Crippen LogP contribution in [0.1, 0.15) is 28.8 Å². The van der Waals surface area contributed by atoms with Gasteiger partial charge in [-0.15, -0.1) is 0 Å². The summed E-state index contributed by atoms with van der Waals surface area (Å²) in [6, 6.07) is 19.9. The summed E-state index contributed by atoms with van der Waals surface area (Å²) in [6.45, 7) is 0. The van der Waals surface area contributed by atoms with Gasteiger partial charge >= 0.3 is 0 Å². The highest BCUT2D eigenvalue weighted by Crippen LogP contribution is 2.50. The molecular weight excluding hydrogens is 398 g/mol. The highest BCUT2D eigenvalue weighted by molar-refractivity contribution is 5.85. The van der Waals surface area contributed by atoms with E-state index in [1.165, 1.54) is 24.5 Å². The molecule has 6 rings (SSSR count). The first-order chi connectivity index (χ1) is 15.2. The third-order valence-corrected chi connectivity index (χ3v) is 5.69. The first-order valence-electron chi connectivity index (χ1n) is 9.87. The third kappa shape index (κ3) is 2.73. The first-order valence-corrected chi connectivity index (χ1v) is 9.87. The molecule has 0 aliphatic carbocycles. The standard InChI is InChI=1S/C24H16F2N4O/c25-15-11-9-14(10-12-15)23-20-21(17-6-2-4-8-19(17)31-23)29-24-27-13-28-30(24)22(20)16-5-1-3-7-18(16)26/h1-13,22-23H,(H,27,28,29)/t22-,23-/m1/s1. The van der Waals surface area contributed by atoms with Gasteiger partial charge in [0.15, 0.2) is 0 Å². The summed E-state index contributed by atoms with van der Waals surface area (Å²) in [5, 5.41) is 7.73. The maximum Gasteiger partial charge on any atom is 0.226 e. The lowest BCUT2D eigenvalue weighted by Crippen LogP contribution is -2.32. The van der Waals surface area contributed by atoms with E-state index in [4.69, 9.17) is 4.74 Å². The largest absolute Gasteiger partial charge is 0.480 e. The summed E-state index contributed by atoms with van der Waals surface area (Å²) >= 11 is 0. The molecule has 4 aromatic rings. The lowest BCUT2D eigenvalue weighted by molar-refractivity contribution is 0.222. The molecule has 0 saturated heterocycles. The zero-order chi connectivity index (χ0) is 20.9. The molecule has 3 heterocycles. The number of rotatable bonds is 2. The molecule has 2 atom stereocenters. The molecule has 0 spiro atoms. The van der Waals surface area contributed by atoms with Crippen molar-refractivity contribution < 1.29 is 13.5 Å². The number of hydrogen-bond donors (Lipinski definition) is 1. The minimum Gasteiger partial charge on any atom is -0.480 e. The maximum atomic E-state index is 15.0. The molecule has 2 aliphatic heterocycles. The number of ether oxygens (including phenoxy) is 1. The molecule has 1 aromatic heterocycles. The molecule has 152 valence electrons. The molecule has 7 heteroatoms. The van der Waals surface area contributed by atoms with E-state index in [0.29, 0.717) is 17.3 Å². The average Bonchev–Trinajstić information content (AvgIpc) is 3.27. The van der Waals surface area contributed by atoms with E-state index in [9.17, 15) is 4.39 Å². The van der Waals surface area contributed by atoms with Gasteiger partial charge < -0.3 is 10.1 Å². The van der Waals surface area contributed by atoms with Gasteiger partial charge in [0.2, 0.25) is 5.95 Å². The SMILES string of the molecule is Fc1ccc([C@H]2Oc3ccccc3C3=C2[C@@H](c2ccccc2F)n2ncnc2N3)cc1. The van der Waals surface area contributed by atoms with Gasteiger partial charge in [-0.05, 0) is 35.9 Å². The van der Waals surface area contributed by atoms with Crippen molar-refractivity contribution in [2.75, 3.05) is 5.32 Å². The van der Waals surface area contributed by atoms with Crippen LogP contribution in [0.2, 0.25) is 0 Å². The zero-order valence-corrected chi connectivity index (χ0v) is 16.2. The van der Waals surface area contributed by atoms with Gasteiger partial charge in [-0.25, -0.2) is 13.5 Å². The smallest absolute Gasteiger partial charge is 0.226 e. The van der Waals surface area contributed by atoms with Gasteiger partial charge in [0, 0.05) is 16.7 Å². The fourth-order valence-corrected chi connectivity index (χ4v) is 4.33. The van der Waals surface area contributed by atoms with Gasteiger partial charge in [0.1, 0.15) is 35.9 Å². The second-order valence-corrected chi connectivity index (χ2v) is 7.45. The maximum absolute atomic E-state index is 15.0. The van der Waals surface area contributed by atoms with E-state index in [-0.39, 0.29) is 11.6 Å². The van der Waals surface area contributed by atoms with E-state index >= 15 is 4.39 Å². The molecule has 0 unspecified atom stereocenters. The molecule has 31 heavy (non-hydrogen) atoms. The Balaban J connectivity index is 1.65. The minimum atomic E-state index is -0.585. The fraction of sp³-hybridized carbons (Fsp3) is 0.0833. The Labute approximate surface area is 176 Å². The number of nitrogens with zero attached hydrogens (tertiary/aromatic N) is 3. The van der Waals surface area contributed by atoms with Crippen LogP contribution < -0.4 is 10.1 Å². The van der Waals surface area contributed by atoms with Gasteiger partial charge in [0.25, 0.3) is 0 Å². The minimum absolute atomic E-state index is 0.333. The van der Waals surface area contributed by atoms with Crippen molar-refractivity contribution in [1.82, 2.24) is 14.8 Å². The Bertz CT molecular complexity index is 1330. The number of anilines is 1. The molecule has 5 nitrogen and oxygen atoms in total. The van der Waals surface area contributed by atoms with Crippen LogP contribution in [0.25, 0.3) is 5.70 Å². The van der Waals surface area contributed by atoms with Crippen LogP contribution in [0.5, 0.6) is 5.75 Å². The number of aromatic nitrogens is 3. The topological polar surface area (TPSA) is 52.0 Å². The van der Waals surface area contributed by atoms with E-state index < -0.39 is 12.1 Å². The van der Waals surface area contributed by atoms with Crippen LogP contribution >= 0.6 is 0 Å². The van der Waals surface area contributed by atoms with Crippen LogP contribution in [-0.2, 0) is 0 Å². The summed E-state index contributed by atoms with van der Waals surface area (Å²) in [5.74, 6) is 0.518. The van der Waals surface area contributed by atoms with Crippen molar-refractivity contribution >= 4 is 11.6 Å². The average molecular weight is 414 g/mol. The van der Waals surface area contributed by atoms with Crippen LogP contribution in [0, 0.1) is 11.6 Å². The lowest BCUT2D eigenvalue weighted by atomic mass is 9.84. The molecular formula is C24H16F2N4O. The number of fused-ring (bicyclic) bond motifs is 3. The predicted octanol–water partition coefficient (Wildman–Crippen LogP) is 5.12. The van der Waals surface area contributed by atoms with Crippen LogP contribution in [0.3, 0.4) is 0 Å².